The Kier molecular flexibility index (Phi) is 9.62. The van der Waals surface area contributed by atoms with E-state index in [4.69, 9.17) is 21.1 Å². The number of carbonyl (C=O) groups is 4. The number of rotatable bonds is 9. The minimum atomic E-state index is -0.733. The van der Waals surface area contributed by atoms with Crippen LogP contribution >= 0.6 is 11.6 Å². The molecule has 0 saturated heterocycles. The van der Waals surface area contributed by atoms with Gasteiger partial charge in [0.15, 0.2) is 6.61 Å². The normalized spacial score (nSPS) is 10.2. The predicted octanol–water partition coefficient (Wildman–Crippen LogP) is 4.47. The largest absolute Gasteiger partial charge is 0.457 e. The van der Waals surface area contributed by atoms with E-state index in [-0.39, 0.29) is 24.3 Å². The molecule has 0 heterocycles. The predicted molar refractivity (Wildman–Crippen MR) is 138 cm³/mol. The minimum absolute atomic E-state index is 0.131. The van der Waals surface area contributed by atoms with Crippen LogP contribution in [0.1, 0.15) is 34.3 Å². The monoisotopic (exact) mass is 523 g/mol. The summed E-state index contributed by atoms with van der Waals surface area (Å²) in [6.07, 6.45) is -0.349. The molecule has 0 spiro atoms. The first-order valence-electron chi connectivity index (χ1n) is 11.4. The summed E-state index contributed by atoms with van der Waals surface area (Å²) >= 11 is 5.76. The number of esters is 1. The number of benzene rings is 3. The Morgan fingerprint density at radius 1 is 0.784 bits per heavy atom. The van der Waals surface area contributed by atoms with Gasteiger partial charge in [-0.15, -0.1) is 0 Å². The first kappa shape index (κ1) is 27.2. The minimum Gasteiger partial charge on any atom is -0.457 e. The van der Waals surface area contributed by atoms with Crippen LogP contribution in [0.2, 0.25) is 5.02 Å². The van der Waals surface area contributed by atoms with E-state index >= 15 is 0 Å². The average molecular weight is 524 g/mol. The lowest BCUT2D eigenvalue weighted by atomic mass is 10.1. The van der Waals surface area contributed by atoms with Gasteiger partial charge in [0, 0.05) is 22.7 Å². The van der Waals surface area contributed by atoms with Crippen molar-refractivity contribution < 1.29 is 28.7 Å². The fourth-order valence-electron chi connectivity index (χ4n) is 3.18. The molecular formula is C27H26ClN3O6. The Morgan fingerprint density at radius 2 is 1.43 bits per heavy atom. The summed E-state index contributed by atoms with van der Waals surface area (Å²) in [7, 11) is 0. The molecule has 3 aromatic rings. The van der Waals surface area contributed by atoms with Gasteiger partial charge in [0.25, 0.3) is 11.8 Å². The SMILES string of the molecule is Cc1cccc(C)c1Oc1ccc(NC(=O)CCC(=O)OCC(=O)NNC(=O)c2ccc(Cl)cc2)cc1. The maximum atomic E-state index is 12.2. The summed E-state index contributed by atoms with van der Waals surface area (Å²) in [5, 5.41) is 3.16. The molecule has 0 fully saturated rings. The zero-order valence-corrected chi connectivity index (χ0v) is 21.1. The molecule has 0 atom stereocenters. The molecule has 0 saturated carbocycles. The molecule has 0 radical (unpaired) electrons. The van der Waals surface area contributed by atoms with Crippen LogP contribution in [0, 0.1) is 13.8 Å². The van der Waals surface area contributed by atoms with Crippen LogP contribution < -0.4 is 20.9 Å². The molecule has 3 amide bonds. The zero-order chi connectivity index (χ0) is 26.8. The van der Waals surface area contributed by atoms with Crippen LogP contribution in [0.4, 0.5) is 5.69 Å². The third-order valence-corrected chi connectivity index (χ3v) is 5.36. The van der Waals surface area contributed by atoms with Crippen molar-refractivity contribution in [3.05, 3.63) is 88.4 Å². The lowest BCUT2D eigenvalue weighted by Gasteiger charge is -2.12. The number of halogens is 1. The molecule has 0 unspecified atom stereocenters. The molecule has 37 heavy (non-hydrogen) atoms. The highest BCUT2D eigenvalue weighted by atomic mass is 35.5. The van der Waals surface area contributed by atoms with Gasteiger partial charge in [-0.25, -0.2) is 0 Å². The summed E-state index contributed by atoms with van der Waals surface area (Å²) in [4.78, 5) is 47.7. The van der Waals surface area contributed by atoms with Gasteiger partial charge in [-0.1, -0.05) is 29.8 Å². The van der Waals surface area contributed by atoms with E-state index < -0.39 is 24.4 Å². The van der Waals surface area contributed by atoms with Crippen molar-refractivity contribution in [1.29, 1.82) is 0 Å². The summed E-state index contributed by atoms with van der Waals surface area (Å²) in [6, 6.07) is 18.8. The van der Waals surface area contributed by atoms with Crippen molar-refractivity contribution in [2.24, 2.45) is 0 Å². The van der Waals surface area contributed by atoms with Crippen molar-refractivity contribution in [3.63, 3.8) is 0 Å². The fraction of sp³-hybridized carbons (Fsp3) is 0.185. The quantitative estimate of drug-likeness (QED) is 0.281. The van der Waals surface area contributed by atoms with Gasteiger partial charge in [-0.3, -0.25) is 30.0 Å². The van der Waals surface area contributed by atoms with Crippen LogP contribution in [-0.4, -0.2) is 30.3 Å². The van der Waals surface area contributed by atoms with Crippen molar-refractivity contribution in [2.75, 3.05) is 11.9 Å². The summed E-state index contributed by atoms with van der Waals surface area (Å²) < 4.78 is 10.8. The number of aryl methyl sites for hydroxylation is 2. The smallest absolute Gasteiger partial charge is 0.306 e. The first-order chi connectivity index (χ1) is 17.7. The number of carbonyl (C=O) groups excluding carboxylic acids is 4. The van der Waals surface area contributed by atoms with Gasteiger partial charge < -0.3 is 14.8 Å². The molecule has 0 aliphatic carbocycles. The molecule has 9 nitrogen and oxygen atoms in total. The van der Waals surface area contributed by atoms with E-state index in [1.165, 1.54) is 24.3 Å². The number of ether oxygens (including phenoxy) is 2. The third kappa shape index (κ3) is 8.66. The molecular weight excluding hydrogens is 498 g/mol. The van der Waals surface area contributed by atoms with E-state index in [0.717, 1.165) is 16.9 Å². The number of hydrogen-bond acceptors (Lipinski definition) is 6. The number of amides is 3. The molecule has 0 aliphatic heterocycles. The highest BCUT2D eigenvalue weighted by Crippen LogP contribution is 2.29. The number of anilines is 1. The maximum absolute atomic E-state index is 12.2. The number of hydrogen-bond donors (Lipinski definition) is 3. The number of para-hydroxylation sites is 1. The van der Waals surface area contributed by atoms with Crippen LogP contribution in [0.25, 0.3) is 0 Å². The first-order valence-corrected chi connectivity index (χ1v) is 11.7. The topological polar surface area (TPSA) is 123 Å². The zero-order valence-electron chi connectivity index (χ0n) is 20.3. The number of nitrogens with one attached hydrogen (secondary N) is 3. The van der Waals surface area contributed by atoms with Gasteiger partial charge in [-0.2, -0.15) is 0 Å². The molecule has 10 heteroatoms. The van der Waals surface area contributed by atoms with Crippen molar-refractivity contribution in [2.45, 2.75) is 26.7 Å². The second-order valence-corrected chi connectivity index (χ2v) is 8.50. The lowest BCUT2D eigenvalue weighted by Crippen LogP contribution is -2.43. The van der Waals surface area contributed by atoms with E-state index in [0.29, 0.717) is 16.5 Å². The van der Waals surface area contributed by atoms with Crippen molar-refractivity contribution in [3.8, 4) is 11.5 Å². The van der Waals surface area contributed by atoms with E-state index in [2.05, 4.69) is 16.2 Å². The highest BCUT2D eigenvalue weighted by Gasteiger charge is 2.12. The second kappa shape index (κ2) is 13.1. The molecule has 192 valence electrons. The fourth-order valence-corrected chi connectivity index (χ4v) is 3.30. The maximum Gasteiger partial charge on any atom is 0.306 e. The third-order valence-electron chi connectivity index (χ3n) is 5.11. The van der Waals surface area contributed by atoms with E-state index in [1.54, 1.807) is 24.3 Å². The molecule has 0 aromatic heterocycles. The second-order valence-electron chi connectivity index (χ2n) is 8.07. The molecule has 0 bridgehead atoms. The summed E-state index contributed by atoms with van der Waals surface area (Å²) in [6.45, 7) is 3.33. The molecule has 3 aromatic carbocycles. The molecule has 3 rings (SSSR count). The van der Waals surface area contributed by atoms with Gasteiger partial charge in [-0.05, 0) is 73.5 Å². The van der Waals surface area contributed by atoms with Gasteiger partial charge in [0.05, 0.1) is 6.42 Å². The highest BCUT2D eigenvalue weighted by molar-refractivity contribution is 6.30. The molecule has 0 aliphatic rings. The van der Waals surface area contributed by atoms with E-state index in [1.807, 2.05) is 32.0 Å². The van der Waals surface area contributed by atoms with Crippen molar-refractivity contribution >= 4 is 41.0 Å². The van der Waals surface area contributed by atoms with Crippen LogP contribution in [0.15, 0.2) is 66.7 Å². The Balaban J connectivity index is 1.35. The Bertz CT molecular complexity index is 1260. The Hall–Kier alpha value is -4.37. The lowest BCUT2D eigenvalue weighted by molar-refractivity contribution is -0.149. The summed E-state index contributed by atoms with van der Waals surface area (Å²) in [5.74, 6) is -0.995. The van der Waals surface area contributed by atoms with Crippen LogP contribution in [-0.2, 0) is 19.1 Å². The van der Waals surface area contributed by atoms with Crippen LogP contribution in [0.3, 0.4) is 0 Å². The van der Waals surface area contributed by atoms with Gasteiger partial charge in [0.1, 0.15) is 11.5 Å². The van der Waals surface area contributed by atoms with Gasteiger partial charge >= 0.3 is 5.97 Å². The standard InChI is InChI=1S/C27H26ClN3O6/c1-17-4-3-5-18(2)26(17)37-22-12-10-21(11-13-22)29-23(32)14-15-25(34)36-16-24(33)30-31-27(35)19-6-8-20(28)9-7-19/h3-13H,14-16H2,1-2H3,(H,29,32)(H,30,33)(H,31,35). The van der Waals surface area contributed by atoms with Crippen molar-refractivity contribution in [1.82, 2.24) is 10.9 Å². The van der Waals surface area contributed by atoms with Gasteiger partial charge in [0.2, 0.25) is 5.91 Å². The van der Waals surface area contributed by atoms with E-state index in [9.17, 15) is 19.2 Å². The van der Waals surface area contributed by atoms with Crippen LogP contribution in [0.5, 0.6) is 11.5 Å². The Morgan fingerprint density at radius 3 is 2.08 bits per heavy atom. The number of hydrazine groups is 1. The summed E-state index contributed by atoms with van der Waals surface area (Å²) in [5.41, 5.74) is 7.20. The Labute approximate surface area is 219 Å². The molecule has 3 N–H and O–H groups in total. The average Bonchev–Trinajstić information content (AvgIpc) is 2.88.